The molecule has 2 amide bonds. The summed E-state index contributed by atoms with van der Waals surface area (Å²) in [6.45, 7) is 0.758. The second-order valence-corrected chi connectivity index (χ2v) is 5.85. The fourth-order valence-corrected chi connectivity index (χ4v) is 3.56. The van der Waals surface area contributed by atoms with Gasteiger partial charge in [0.05, 0.1) is 13.2 Å². The van der Waals surface area contributed by atoms with Crippen LogP contribution in [0.25, 0.3) is 0 Å². The van der Waals surface area contributed by atoms with Crippen LogP contribution in [-0.4, -0.2) is 60.5 Å². The van der Waals surface area contributed by atoms with Crippen LogP contribution in [0.15, 0.2) is 0 Å². The Kier molecular flexibility index (Phi) is 3.59. The number of halogens is 3. The number of nitrogens with zero attached hydrogens (tertiary/aromatic N) is 1. The molecule has 2 spiro atoms. The molecule has 3 fully saturated rings. The molecule has 1 aliphatic carbocycles. The Balaban J connectivity index is 1.84. The summed E-state index contributed by atoms with van der Waals surface area (Å²) >= 11 is 0. The van der Waals surface area contributed by atoms with Gasteiger partial charge in [0.2, 0.25) is 5.91 Å². The number of nitrogens with one attached hydrogen (secondary N) is 1. The molecule has 2 saturated heterocycles. The minimum absolute atomic E-state index is 0.0283. The molecule has 0 unspecified atom stereocenters. The van der Waals surface area contributed by atoms with Crippen LogP contribution >= 0.6 is 0 Å². The first-order valence-electron chi connectivity index (χ1n) is 7.24. The molecule has 0 aromatic rings. The van der Waals surface area contributed by atoms with E-state index in [1.807, 2.05) is 0 Å². The van der Waals surface area contributed by atoms with Crippen LogP contribution in [0, 0.1) is 0 Å². The van der Waals surface area contributed by atoms with Gasteiger partial charge in [0.25, 0.3) is 0 Å². The number of rotatable bonds is 0. The summed E-state index contributed by atoms with van der Waals surface area (Å²) < 4.78 is 49.5. The van der Waals surface area contributed by atoms with Gasteiger partial charge in [-0.2, -0.15) is 13.2 Å². The van der Waals surface area contributed by atoms with Crippen LogP contribution in [-0.2, 0) is 19.1 Å². The van der Waals surface area contributed by atoms with Crippen LogP contribution in [0.1, 0.15) is 25.7 Å². The quantitative estimate of drug-likeness (QED) is 0.708. The number of ether oxygens (including phenoxy) is 2. The van der Waals surface area contributed by atoms with Gasteiger partial charge >= 0.3 is 12.1 Å². The van der Waals surface area contributed by atoms with E-state index in [1.54, 1.807) is 0 Å². The molecule has 9 heteroatoms. The van der Waals surface area contributed by atoms with Crippen LogP contribution in [0.4, 0.5) is 13.2 Å². The van der Waals surface area contributed by atoms with Gasteiger partial charge in [0.1, 0.15) is 5.54 Å². The van der Waals surface area contributed by atoms with Crippen molar-refractivity contribution in [3.8, 4) is 0 Å². The number of alkyl halides is 3. The van der Waals surface area contributed by atoms with Crippen molar-refractivity contribution in [2.24, 2.45) is 0 Å². The third kappa shape index (κ3) is 2.36. The normalized spacial score (nSPS) is 27.2. The van der Waals surface area contributed by atoms with Crippen molar-refractivity contribution in [1.82, 2.24) is 10.2 Å². The lowest BCUT2D eigenvalue weighted by atomic mass is 9.75. The van der Waals surface area contributed by atoms with E-state index >= 15 is 0 Å². The molecule has 1 N–H and O–H groups in total. The molecule has 124 valence electrons. The van der Waals surface area contributed by atoms with E-state index in [0.717, 1.165) is 0 Å². The number of hydrogen-bond acceptors (Lipinski definition) is 4. The fourth-order valence-electron chi connectivity index (χ4n) is 3.56. The number of piperazine rings is 1. The maximum absolute atomic E-state index is 12.8. The van der Waals surface area contributed by atoms with E-state index in [2.05, 4.69) is 5.32 Å². The smallest absolute Gasteiger partial charge is 0.352 e. The molecule has 0 atom stereocenters. The van der Waals surface area contributed by atoms with E-state index in [-0.39, 0.29) is 25.9 Å². The lowest BCUT2D eigenvalue weighted by Gasteiger charge is -2.50. The predicted molar refractivity (Wildman–Crippen MR) is 66.6 cm³/mol. The molecule has 0 bridgehead atoms. The highest BCUT2D eigenvalue weighted by atomic mass is 19.4. The van der Waals surface area contributed by atoms with Crippen LogP contribution in [0.2, 0.25) is 0 Å². The van der Waals surface area contributed by atoms with Gasteiger partial charge in [0.15, 0.2) is 5.79 Å². The summed E-state index contributed by atoms with van der Waals surface area (Å²) in [5, 5.41) is 2.58. The van der Waals surface area contributed by atoms with Gasteiger partial charge in [-0.15, -0.1) is 0 Å². The van der Waals surface area contributed by atoms with Gasteiger partial charge in [-0.3, -0.25) is 9.59 Å². The van der Waals surface area contributed by atoms with E-state index < -0.39 is 29.3 Å². The summed E-state index contributed by atoms with van der Waals surface area (Å²) in [6.07, 6.45) is -4.20. The largest absolute Gasteiger partial charge is 0.471 e. The topological polar surface area (TPSA) is 67.9 Å². The zero-order valence-corrected chi connectivity index (χ0v) is 11.9. The summed E-state index contributed by atoms with van der Waals surface area (Å²) in [6, 6.07) is 0. The average molecular weight is 322 g/mol. The van der Waals surface area contributed by atoms with Crippen molar-refractivity contribution in [3.63, 3.8) is 0 Å². The van der Waals surface area contributed by atoms with Crippen LogP contribution in [0.5, 0.6) is 0 Å². The molecule has 6 nitrogen and oxygen atoms in total. The lowest BCUT2D eigenvalue weighted by molar-refractivity contribution is -0.212. The number of amides is 2. The van der Waals surface area contributed by atoms with Gasteiger partial charge < -0.3 is 19.7 Å². The highest BCUT2D eigenvalue weighted by molar-refractivity contribution is 5.94. The highest BCUT2D eigenvalue weighted by Crippen LogP contribution is 2.44. The van der Waals surface area contributed by atoms with E-state index in [1.165, 1.54) is 0 Å². The SMILES string of the molecule is O=C(N1CCNC(=O)C12CCC1(CC2)OCCO1)C(F)(F)F. The highest BCUT2D eigenvalue weighted by Gasteiger charge is 2.58. The Morgan fingerprint density at radius 2 is 1.73 bits per heavy atom. The molecule has 0 aromatic carbocycles. The van der Waals surface area contributed by atoms with E-state index in [9.17, 15) is 22.8 Å². The molecule has 22 heavy (non-hydrogen) atoms. The summed E-state index contributed by atoms with van der Waals surface area (Å²) in [5.74, 6) is -3.29. The Labute approximate surface area is 124 Å². The second kappa shape index (κ2) is 5.09. The van der Waals surface area contributed by atoms with Crippen molar-refractivity contribution in [3.05, 3.63) is 0 Å². The first-order valence-corrected chi connectivity index (χ1v) is 7.24. The molecule has 1 saturated carbocycles. The minimum atomic E-state index is -4.99. The van der Waals surface area contributed by atoms with Crippen molar-refractivity contribution < 1.29 is 32.2 Å². The standard InChI is InChI=1S/C13H17F3N2O4/c14-13(15,16)10(20)18-6-5-17-9(19)11(18)1-3-12(4-2-11)21-7-8-22-12/h1-8H2,(H,17,19). The first kappa shape index (κ1) is 15.5. The molecule has 0 radical (unpaired) electrons. The van der Waals surface area contributed by atoms with E-state index in [4.69, 9.17) is 9.47 Å². The lowest BCUT2D eigenvalue weighted by Crippen LogP contribution is -2.70. The Morgan fingerprint density at radius 3 is 2.27 bits per heavy atom. The molecule has 2 heterocycles. The van der Waals surface area contributed by atoms with Crippen molar-refractivity contribution in [2.75, 3.05) is 26.3 Å². The predicted octanol–water partition coefficient (Wildman–Crippen LogP) is 0.563. The Hall–Kier alpha value is -1.35. The first-order chi connectivity index (χ1) is 10.3. The van der Waals surface area contributed by atoms with Gasteiger partial charge in [-0.25, -0.2) is 0 Å². The Morgan fingerprint density at radius 1 is 1.14 bits per heavy atom. The van der Waals surface area contributed by atoms with Gasteiger partial charge in [0, 0.05) is 25.9 Å². The second-order valence-electron chi connectivity index (χ2n) is 5.85. The zero-order valence-electron chi connectivity index (χ0n) is 11.9. The zero-order chi connectivity index (χ0) is 16.0. The minimum Gasteiger partial charge on any atom is -0.352 e. The third-order valence-corrected chi connectivity index (χ3v) is 4.70. The number of carbonyl (C=O) groups excluding carboxylic acids is 2. The molecule has 3 aliphatic rings. The summed E-state index contributed by atoms with van der Waals surface area (Å²) in [4.78, 5) is 24.7. The van der Waals surface area contributed by atoms with Crippen molar-refractivity contribution in [2.45, 2.75) is 43.2 Å². The average Bonchev–Trinajstić information content (AvgIpc) is 2.92. The maximum Gasteiger partial charge on any atom is 0.471 e. The van der Waals surface area contributed by atoms with Crippen molar-refractivity contribution >= 4 is 11.8 Å². The molecule has 0 aromatic heterocycles. The van der Waals surface area contributed by atoms with Crippen molar-refractivity contribution in [1.29, 1.82) is 0 Å². The van der Waals surface area contributed by atoms with Crippen LogP contribution in [0.3, 0.4) is 0 Å². The molecular formula is C13H17F3N2O4. The number of carbonyl (C=O) groups is 2. The van der Waals surface area contributed by atoms with Crippen LogP contribution < -0.4 is 5.32 Å². The molecule has 3 rings (SSSR count). The third-order valence-electron chi connectivity index (χ3n) is 4.70. The van der Waals surface area contributed by atoms with E-state index in [0.29, 0.717) is 31.0 Å². The number of hydrogen-bond donors (Lipinski definition) is 1. The Bertz CT molecular complexity index is 478. The van der Waals surface area contributed by atoms with Gasteiger partial charge in [-0.1, -0.05) is 0 Å². The fraction of sp³-hybridized carbons (Fsp3) is 0.846. The monoisotopic (exact) mass is 322 g/mol. The summed E-state index contributed by atoms with van der Waals surface area (Å²) in [7, 11) is 0. The van der Waals surface area contributed by atoms with Gasteiger partial charge in [-0.05, 0) is 12.8 Å². The maximum atomic E-state index is 12.8. The summed E-state index contributed by atoms with van der Waals surface area (Å²) in [5.41, 5.74) is -1.45. The molecule has 2 aliphatic heterocycles. The molecular weight excluding hydrogens is 305 g/mol.